The third-order valence-electron chi connectivity index (χ3n) is 3.39. The molecule has 19 heavy (non-hydrogen) atoms. The Morgan fingerprint density at radius 3 is 2.74 bits per heavy atom. The highest BCUT2D eigenvalue weighted by Gasteiger charge is 2.37. The Balaban J connectivity index is 2.13. The van der Waals surface area contributed by atoms with E-state index in [1.807, 2.05) is 0 Å². The zero-order valence-corrected chi connectivity index (χ0v) is 10.6. The van der Waals surface area contributed by atoms with Crippen LogP contribution in [0.15, 0.2) is 18.2 Å². The van der Waals surface area contributed by atoms with E-state index in [1.165, 1.54) is 18.2 Å². The van der Waals surface area contributed by atoms with Crippen LogP contribution in [0, 0.1) is 15.5 Å². The van der Waals surface area contributed by atoms with Crippen LogP contribution < -0.4 is 16.6 Å². The van der Waals surface area contributed by atoms with E-state index < -0.39 is 4.92 Å². The molecular weight excluding hydrogens is 248 g/mol. The van der Waals surface area contributed by atoms with Crippen LogP contribution in [0.25, 0.3) is 0 Å². The van der Waals surface area contributed by atoms with Crippen LogP contribution in [0.2, 0.25) is 0 Å². The van der Waals surface area contributed by atoms with Gasteiger partial charge in [0.1, 0.15) is 5.69 Å². The topological polar surface area (TPSA) is 110 Å². The molecule has 0 aromatic heterocycles. The van der Waals surface area contributed by atoms with Crippen molar-refractivity contribution in [3.63, 3.8) is 0 Å². The fourth-order valence-corrected chi connectivity index (χ4v) is 1.73. The lowest BCUT2D eigenvalue weighted by Crippen LogP contribution is -2.29. The van der Waals surface area contributed by atoms with Crippen LogP contribution in [-0.2, 0) is 0 Å². The molecule has 1 aliphatic carbocycles. The van der Waals surface area contributed by atoms with Crippen molar-refractivity contribution in [3.05, 3.63) is 33.9 Å². The number of rotatable bonds is 5. The lowest BCUT2D eigenvalue weighted by molar-refractivity contribution is -0.384. The van der Waals surface area contributed by atoms with E-state index in [2.05, 4.69) is 17.7 Å². The van der Waals surface area contributed by atoms with E-state index in [0.29, 0.717) is 6.54 Å². The summed E-state index contributed by atoms with van der Waals surface area (Å²) in [6.45, 7) is 2.69. The van der Waals surface area contributed by atoms with Crippen molar-refractivity contribution in [1.29, 1.82) is 0 Å². The Kier molecular flexibility index (Phi) is 3.39. The standard InChI is InChI=1S/C12H16N4O3/c1-12(4-5-12)7-14-11(17)8-2-3-9(15-13)10(6-8)16(18)19/h2-3,6,15H,4-5,7,13H2,1H3,(H,14,17). The zero-order valence-electron chi connectivity index (χ0n) is 10.6. The van der Waals surface area contributed by atoms with Crippen LogP contribution in [-0.4, -0.2) is 17.4 Å². The number of carbonyl (C=O) groups is 1. The average Bonchev–Trinajstić information content (AvgIpc) is 3.13. The van der Waals surface area contributed by atoms with Gasteiger partial charge in [0.2, 0.25) is 0 Å². The van der Waals surface area contributed by atoms with E-state index in [4.69, 9.17) is 5.84 Å². The fourth-order valence-electron chi connectivity index (χ4n) is 1.73. The van der Waals surface area contributed by atoms with Crippen LogP contribution >= 0.6 is 0 Å². The van der Waals surface area contributed by atoms with Gasteiger partial charge in [0.15, 0.2) is 0 Å². The first kappa shape index (κ1) is 13.3. The smallest absolute Gasteiger partial charge is 0.294 e. The van der Waals surface area contributed by atoms with Gasteiger partial charge >= 0.3 is 0 Å². The highest BCUT2D eigenvalue weighted by Crippen LogP contribution is 2.44. The molecule has 1 fully saturated rings. The molecule has 102 valence electrons. The van der Waals surface area contributed by atoms with Gasteiger partial charge in [-0.25, -0.2) is 0 Å². The lowest BCUT2D eigenvalue weighted by Gasteiger charge is -2.10. The summed E-state index contributed by atoms with van der Waals surface area (Å²) in [5.41, 5.74) is 2.65. The van der Waals surface area contributed by atoms with E-state index >= 15 is 0 Å². The number of hydrogen-bond donors (Lipinski definition) is 3. The molecule has 1 aliphatic rings. The summed E-state index contributed by atoms with van der Waals surface area (Å²) in [7, 11) is 0. The first-order valence-electron chi connectivity index (χ1n) is 5.98. The van der Waals surface area contributed by atoms with Gasteiger partial charge in [0.05, 0.1) is 4.92 Å². The number of nitro benzene ring substituents is 1. The predicted molar refractivity (Wildman–Crippen MR) is 70.6 cm³/mol. The number of anilines is 1. The molecule has 0 saturated heterocycles. The maximum Gasteiger partial charge on any atom is 0.294 e. The molecule has 1 amide bonds. The molecule has 7 heteroatoms. The van der Waals surface area contributed by atoms with Crippen LogP contribution in [0.1, 0.15) is 30.1 Å². The van der Waals surface area contributed by atoms with Crippen LogP contribution in [0.5, 0.6) is 0 Å². The molecule has 0 bridgehead atoms. The normalized spacial score (nSPS) is 15.7. The summed E-state index contributed by atoms with van der Waals surface area (Å²) in [4.78, 5) is 22.2. The number of carbonyl (C=O) groups excluding carboxylic acids is 1. The van der Waals surface area contributed by atoms with Crippen molar-refractivity contribution in [2.75, 3.05) is 12.0 Å². The molecule has 1 aromatic carbocycles. The van der Waals surface area contributed by atoms with Crippen molar-refractivity contribution in [2.24, 2.45) is 11.3 Å². The molecule has 0 atom stereocenters. The Bertz CT molecular complexity index is 526. The Labute approximate surface area is 110 Å². The summed E-state index contributed by atoms with van der Waals surface area (Å²) in [5, 5.41) is 13.7. The maximum atomic E-state index is 11.9. The van der Waals surface area contributed by atoms with Gasteiger partial charge in [0, 0.05) is 18.2 Å². The molecule has 0 spiro atoms. The summed E-state index contributed by atoms with van der Waals surface area (Å²) >= 11 is 0. The van der Waals surface area contributed by atoms with Crippen molar-refractivity contribution in [1.82, 2.24) is 5.32 Å². The van der Waals surface area contributed by atoms with Gasteiger partial charge in [-0.15, -0.1) is 0 Å². The average molecular weight is 264 g/mol. The zero-order chi connectivity index (χ0) is 14.0. The minimum atomic E-state index is -0.575. The molecule has 4 N–H and O–H groups in total. The molecule has 1 saturated carbocycles. The largest absolute Gasteiger partial charge is 0.351 e. The number of benzene rings is 1. The maximum absolute atomic E-state index is 11.9. The van der Waals surface area contributed by atoms with Gasteiger partial charge in [-0.3, -0.25) is 20.8 Å². The monoisotopic (exact) mass is 264 g/mol. The second kappa shape index (κ2) is 4.85. The first-order valence-corrected chi connectivity index (χ1v) is 5.98. The minimum Gasteiger partial charge on any atom is -0.351 e. The SMILES string of the molecule is CC1(CNC(=O)c2ccc(NN)c([N+](=O)[O-])c2)CC1. The molecule has 0 heterocycles. The highest BCUT2D eigenvalue weighted by atomic mass is 16.6. The van der Waals surface area contributed by atoms with E-state index in [-0.39, 0.29) is 28.3 Å². The molecule has 2 rings (SSSR count). The van der Waals surface area contributed by atoms with E-state index in [9.17, 15) is 14.9 Å². The third-order valence-corrected chi connectivity index (χ3v) is 3.39. The van der Waals surface area contributed by atoms with Crippen molar-refractivity contribution in [3.8, 4) is 0 Å². The van der Waals surface area contributed by atoms with Crippen molar-refractivity contribution >= 4 is 17.3 Å². The number of nitrogens with two attached hydrogens (primary N) is 1. The molecule has 1 aromatic rings. The van der Waals surface area contributed by atoms with Gasteiger partial charge in [-0.1, -0.05) is 6.92 Å². The fraction of sp³-hybridized carbons (Fsp3) is 0.417. The van der Waals surface area contributed by atoms with Crippen molar-refractivity contribution < 1.29 is 9.72 Å². The number of amides is 1. The van der Waals surface area contributed by atoms with Gasteiger partial charge in [0.25, 0.3) is 11.6 Å². The van der Waals surface area contributed by atoms with Crippen LogP contribution in [0.3, 0.4) is 0 Å². The highest BCUT2D eigenvalue weighted by molar-refractivity contribution is 5.95. The first-order chi connectivity index (χ1) is 8.95. The lowest BCUT2D eigenvalue weighted by atomic mass is 10.1. The molecule has 0 unspecified atom stereocenters. The number of hydrogen-bond acceptors (Lipinski definition) is 5. The van der Waals surface area contributed by atoms with Gasteiger partial charge < -0.3 is 10.7 Å². The van der Waals surface area contributed by atoms with E-state index in [0.717, 1.165) is 12.8 Å². The summed E-state index contributed by atoms with van der Waals surface area (Å²) in [5.74, 6) is 4.88. The number of nitro groups is 1. The number of nitrogen functional groups attached to an aromatic ring is 1. The van der Waals surface area contributed by atoms with Gasteiger partial charge in [-0.05, 0) is 30.4 Å². The summed E-state index contributed by atoms with van der Waals surface area (Å²) < 4.78 is 0. The second-order valence-corrected chi connectivity index (χ2v) is 5.13. The van der Waals surface area contributed by atoms with E-state index in [1.54, 1.807) is 0 Å². The quantitative estimate of drug-likeness (QED) is 0.423. The summed E-state index contributed by atoms with van der Waals surface area (Å²) in [6, 6.07) is 4.15. The molecule has 0 radical (unpaired) electrons. The summed E-state index contributed by atoms with van der Waals surface area (Å²) in [6.07, 6.45) is 2.20. The molecule has 0 aliphatic heterocycles. The van der Waals surface area contributed by atoms with Crippen LogP contribution in [0.4, 0.5) is 11.4 Å². The third kappa shape index (κ3) is 3.00. The Morgan fingerprint density at radius 1 is 1.53 bits per heavy atom. The second-order valence-electron chi connectivity index (χ2n) is 5.13. The number of hydrazine groups is 1. The molecular formula is C12H16N4O3. The van der Waals surface area contributed by atoms with Crippen molar-refractivity contribution in [2.45, 2.75) is 19.8 Å². The minimum absolute atomic E-state index is 0.177. The number of nitrogens with one attached hydrogen (secondary N) is 2. The number of nitrogens with zero attached hydrogens (tertiary/aromatic N) is 1. The Hall–Kier alpha value is -2.15. The van der Waals surface area contributed by atoms with Gasteiger partial charge in [-0.2, -0.15) is 0 Å². The predicted octanol–water partition coefficient (Wildman–Crippen LogP) is 1.41. The molecule has 7 nitrogen and oxygen atoms in total. The Morgan fingerprint density at radius 2 is 2.21 bits per heavy atom.